The molecule has 0 aromatic heterocycles. The van der Waals surface area contributed by atoms with Crippen LogP contribution in [-0.4, -0.2) is 62.7 Å². The number of rotatable bonds is 7. The zero-order valence-corrected chi connectivity index (χ0v) is 19.4. The van der Waals surface area contributed by atoms with Crippen LogP contribution in [0.5, 0.6) is 11.5 Å². The quantitative estimate of drug-likeness (QED) is 0.713. The zero-order valence-electron chi connectivity index (χ0n) is 19.4. The third-order valence-electron chi connectivity index (χ3n) is 7.05. The van der Waals surface area contributed by atoms with E-state index in [2.05, 4.69) is 40.4 Å². The molecule has 0 spiro atoms. The number of anilines is 1. The van der Waals surface area contributed by atoms with Crippen molar-refractivity contribution in [2.45, 2.75) is 31.8 Å². The fraction of sp³-hybridized carbons (Fsp3) is 0.500. The van der Waals surface area contributed by atoms with Gasteiger partial charge in [0.15, 0.2) is 0 Å². The predicted molar refractivity (Wildman–Crippen MR) is 127 cm³/mol. The summed E-state index contributed by atoms with van der Waals surface area (Å²) in [5.41, 5.74) is 2.13. The molecule has 1 N–H and O–H groups in total. The third-order valence-corrected chi connectivity index (χ3v) is 7.05. The zero-order chi connectivity index (χ0) is 22.5. The second-order valence-corrected chi connectivity index (χ2v) is 9.12. The van der Waals surface area contributed by atoms with E-state index in [1.807, 2.05) is 30.3 Å². The number of likely N-dealkylation sites (tertiary alicyclic amines) is 2. The van der Waals surface area contributed by atoms with Gasteiger partial charge in [-0.1, -0.05) is 12.1 Å². The van der Waals surface area contributed by atoms with Gasteiger partial charge in [0, 0.05) is 24.8 Å². The van der Waals surface area contributed by atoms with Crippen LogP contribution in [0.25, 0.3) is 0 Å². The van der Waals surface area contributed by atoms with Crippen LogP contribution in [0.4, 0.5) is 5.69 Å². The number of benzene rings is 2. The second-order valence-electron chi connectivity index (χ2n) is 9.12. The summed E-state index contributed by atoms with van der Waals surface area (Å²) >= 11 is 0. The van der Waals surface area contributed by atoms with Crippen LogP contribution < -0.4 is 14.8 Å². The summed E-state index contributed by atoms with van der Waals surface area (Å²) in [5, 5.41) is 3.08. The lowest BCUT2D eigenvalue weighted by atomic mass is 9.86. The largest absolute Gasteiger partial charge is 0.497 e. The van der Waals surface area contributed by atoms with Crippen molar-refractivity contribution in [3.05, 3.63) is 54.1 Å². The molecule has 4 rings (SSSR count). The van der Waals surface area contributed by atoms with Gasteiger partial charge in [0.1, 0.15) is 11.5 Å². The number of ether oxygens (including phenoxy) is 2. The Labute approximate surface area is 191 Å². The summed E-state index contributed by atoms with van der Waals surface area (Å²) in [6, 6.07) is 16.4. The Kier molecular flexibility index (Phi) is 7.33. The van der Waals surface area contributed by atoms with Crippen molar-refractivity contribution >= 4 is 11.6 Å². The van der Waals surface area contributed by atoms with E-state index in [9.17, 15) is 4.79 Å². The first-order valence-electron chi connectivity index (χ1n) is 11.6. The molecule has 0 aliphatic carbocycles. The molecule has 172 valence electrons. The number of hydrogen-bond acceptors (Lipinski definition) is 5. The molecule has 2 saturated heterocycles. The van der Waals surface area contributed by atoms with Crippen molar-refractivity contribution in [2.75, 3.05) is 46.2 Å². The summed E-state index contributed by atoms with van der Waals surface area (Å²) in [6.07, 6.45) is 3.32. The maximum Gasteiger partial charge on any atom is 0.228 e. The van der Waals surface area contributed by atoms with Crippen molar-refractivity contribution in [1.82, 2.24) is 9.80 Å². The van der Waals surface area contributed by atoms with Crippen LogP contribution in [0.1, 0.15) is 24.8 Å². The van der Waals surface area contributed by atoms with Crippen LogP contribution in [0.3, 0.4) is 0 Å². The van der Waals surface area contributed by atoms with Crippen LogP contribution in [0.2, 0.25) is 0 Å². The van der Waals surface area contributed by atoms with Gasteiger partial charge in [-0.15, -0.1) is 0 Å². The molecule has 0 bridgehead atoms. The maximum atomic E-state index is 12.9. The lowest BCUT2D eigenvalue weighted by Crippen LogP contribution is -2.41. The van der Waals surface area contributed by atoms with E-state index in [1.54, 1.807) is 14.2 Å². The molecule has 2 heterocycles. The van der Waals surface area contributed by atoms with Crippen LogP contribution in [-0.2, 0) is 11.3 Å². The molecule has 0 radical (unpaired) electrons. The highest BCUT2D eigenvalue weighted by atomic mass is 16.5. The number of carbonyl (C=O) groups is 1. The fourth-order valence-electron chi connectivity index (χ4n) is 5.21. The molecule has 2 aromatic carbocycles. The van der Waals surface area contributed by atoms with E-state index < -0.39 is 0 Å². The molecule has 0 saturated carbocycles. The van der Waals surface area contributed by atoms with Crippen molar-refractivity contribution < 1.29 is 14.3 Å². The Hall–Kier alpha value is -2.57. The summed E-state index contributed by atoms with van der Waals surface area (Å²) < 4.78 is 10.5. The van der Waals surface area contributed by atoms with Crippen LogP contribution >= 0.6 is 0 Å². The van der Waals surface area contributed by atoms with E-state index in [4.69, 9.17) is 9.47 Å². The van der Waals surface area contributed by atoms with Gasteiger partial charge in [0.05, 0.1) is 20.1 Å². The average molecular weight is 438 g/mol. The number of hydrogen-bond donors (Lipinski definition) is 1. The van der Waals surface area contributed by atoms with Gasteiger partial charge in [-0.25, -0.2) is 0 Å². The average Bonchev–Trinajstić information content (AvgIpc) is 3.22. The summed E-state index contributed by atoms with van der Waals surface area (Å²) in [5.74, 6) is 2.53. The van der Waals surface area contributed by atoms with Crippen molar-refractivity contribution in [2.24, 2.45) is 11.8 Å². The van der Waals surface area contributed by atoms with Gasteiger partial charge in [0.25, 0.3) is 0 Å². The van der Waals surface area contributed by atoms with Crippen molar-refractivity contribution in [3.8, 4) is 11.5 Å². The van der Waals surface area contributed by atoms with E-state index >= 15 is 0 Å². The number of nitrogens with one attached hydrogen (secondary N) is 1. The Balaban J connectivity index is 1.27. The number of carbonyl (C=O) groups excluding carboxylic acids is 1. The van der Waals surface area contributed by atoms with Gasteiger partial charge in [0.2, 0.25) is 5.91 Å². The standard InChI is InChI=1S/C26H35N3O3/c1-28-18-21(26(30)27-22-7-9-23(31-2)10-8-22)16-25(28)20-11-13-29(14-12-20)17-19-5-4-6-24(15-19)32-3/h4-10,15,20-21,25H,11-14,16-18H2,1-3H3,(H,27,30)/t21-,25+/m1/s1. The van der Waals surface area contributed by atoms with E-state index in [-0.39, 0.29) is 11.8 Å². The number of nitrogens with zero attached hydrogens (tertiary/aromatic N) is 2. The Bertz CT molecular complexity index is 893. The normalized spacial score (nSPS) is 22.6. The molecular weight excluding hydrogens is 402 g/mol. The molecule has 2 aliphatic heterocycles. The van der Waals surface area contributed by atoms with Crippen molar-refractivity contribution in [3.63, 3.8) is 0 Å². The van der Waals surface area contributed by atoms with Gasteiger partial charge >= 0.3 is 0 Å². The Morgan fingerprint density at radius 1 is 1.03 bits per heavy atom. The van der Waals surface area contributed by atoms with Crippen LogP contribution in [0, 0.1) is 11.8 Å². The minimum atomic E-state index is 0.0434. The van der Waals surface area contributed by atoms with Crippen LogP contribution in [0.15, 0.2) is 48.5 Å². The van der Waals surface area contributed by atoms with Crippen molar-refractivity contribution in [1.29, 1.82) is 0 Å². The lowest BCUT2D eigenvalue weighted by Gasteiger charge is -2.37. The third kappa shape index (κ3) is 5.43. The topological polar surface area (TPSA) is 54.0 Å². The van der Waals surface area contributed by atoms with E-state index in [0.717, 1.165) is 49.8 Å². The highest BCUT2D eigenvalue weighted by Gasteiger charge is 2.39. The molecule has 2 aliphatic rings. The molecular formula is C26H35N3O3. The molecule has 2 atom stereocenters. The first-order chi connectivity index (χ1) is 15.6. The maximum absolute atomic E-state index is 12.9. The monoisotopic (exact) mass is 437 g/mol. The minimum absolute atomic E-state index is 0.0434. The molecule has 2 aromatic rings. The molecule has 1 amide bonds. The predicted octanol–water partition coefficient (Wildman–Crippen LogP) is 3.87. The van der Waals surface area contributed by atoms with Gasteiger partial charge < -0.3 is 19.7 Å². The summed E-state index contributed by atoms with van der Waals surface area (Å²) in [6.45, 7) is 4.01. The van der Waals surface area contributed by atoms with Gasteiger partial charge in [-0.3, -0.25) is 9.69 Å². The number of methoxy groups -OCH3 is 2. The summed E-state index contributed by atoms with van der Waals surface area (Å²) in [4.78, 5) is 17.8. The first kappa shape index (κ1) is 22.6. The minimum Gasteiger partial charge on any atom is -0.497 e. The number of amides is 1. The second kappa shape index (κ2) is 10.4. The Morgan fingerprint density at radius 3 is 2.44 bits per heavy atom. The number of piperidine rings is 1. The molecule has 32 heavy (non-hydrogen) atoms. The molecule has 2 fully saturated rings. The molecule has 6 nitrogen and oxygen atoms in total. The van der Waals surface area contributed by atoms with Gasteiger partial charge in [-0.2, -0.15) is 0 Å². The first-order valence-corrected chi connectivity index (χ1v) is 11.6. The van der Waals surface area contributed by atoms with Gasteiger partial charge in [-0.05, 0) is 87.3 Å². The SMILES string of the molecule is COc1ccc(NC(=O)[C@@H]2C[C@@H](C3CCN(Cc4cccc(OC)c4)CC3)N(C)C2)cc1. The van der Waals surface area contributed by atoms with E-state index in [1.165, 1.54) is 18.4 Å². The lowest BCUT2D eigenvalue weighted by molar-refractivity contribution is -0.119. The highest BCUT2D eigenvalue weighted by Crippen LogP contribution is 2.34. The molecule has 6 heteroatoms. The smallest absolute Gasteiger partial charge is 0.228 e. The fourth-order valence-corrected chi connectivity index (χ4v) is 5.21. The van der Waals surface area contributed by atoms with E-state index in [0.29, 0.717) is 12.0 Å². The molecule has 0 unspecified atom stereocenters. The highest BCUT2D eigenvalue weighted by molar-refractivity contribution is 5.93. The summed E-state index contributed by atoms with van der Waals surface area (Å²) in [7, 11) is 5.53. The Morgan fingerprint density at radius 2 is 1.75 bits per heavy atom.